The highest BCUT2D eigenvalue weighted by molar-refractivity contribution is 6.07. The molecule has 0 atom stereocenters. The van der Waals surface area contributed by atoms with E-state index in [-0.39, 0.29) is 17.8 Å². The minimum Gasteiger partial charge on any atom is -0.441 e. The molecule has 0 N–H and O–H groups in total. The first-order valence-electron chi connectivity index (χ1n) is 8.33. The number of piperidine rings is 1. The van der Waals surface area contributed by atoms with E-state index in [0.29, 0.717) is 50.1 Å². The van der Waals surface area contributed by atoms with E-state index in [2.05, 4.69) is 0 Å². The quantitative estimate of drug-likeness (QED) is 0.798. The highest BCUT2D eigenvalue weighted by Gasteiger charge is 2.47. The summed E-state index contributed by atoms with van der Waals surface area (Å²) in [5.74, 6) is -0.247. The maximum atomic E-state index is 12.8. The maximum Gasteiger partial charge on any atom is 0.410 e. The molecule has 6 heteroatoms. The Morgan fingerprint density at radius 2 is 1.79 bits per heavy atom. The molecule has 2 aliphatic rings. The van der Waals surface area contributed by atoms with E-state index in [1.165, 1.54) is 6.92 Å². The average Bonchev–Trinajstić information content (AvgIpc) is 2.90. The first-order chi connectivity index (χ1) is 11.5. The highest BCUT2D eigenvalue weighted by Crippen LogP contribution is 2.33. The molecule has 0 aromatic heterocycles. The lowest BCUT2D eigenvalue weighted by atomic mass is 9.90. The van der Waals surface area contributed by atoms with Crippen molar-refractivity contribution in [2.45, 2.75) is 32.3 Å². The molecule has 2 fully saturated rings. The second kappa shape index (κ2) is 6.26. The Morgan fingerprint density at radius 3 is 2.33 bits per heavy atom. The van der Waals surface area contributed by atoms with Crippen LogP contribution in [0.4, 0.5) is 4.79 Å². The molecular formula is C18H22N2O4. The lowest BCUT2D eigenvalue weighted by Crippen LogP contribution is -2.48. The molecule has 0 saturated carbocycles. The summed E-state index contributed by atoms with van der Waals surface area (Å²) in [5, 5.41) is 0. The van der Waals surface area contributed by atoms with Gasteiger partial charge in [-0.15, -0.1) is 0 Å². The summed E-state index contributed by atoms with van der Waals surface area (Å²) < 4.78 is 5.58. The van der Waals surface area contributed by atoms with Crippen molar-refractivity contribution in [3.05, 3.63) is 35.4 Å². The molecule has 2 aliphatic heterocycles. The normalized spacial score (nSPS) is 19.5. The monoisotopic (exact) mass is 330 g/mol. The molecule has 0 bridgehead atoms. The standard InChI is InChI=1S/C18H22N2O4/c1-3-19-12-18(24-17(19)23)8-10-20(11-9-18)16(22)15-7-5-4-6-14(15)13(2)21/h4-7H,3,8-12H2,1-2H3. The first kappa shape index (κ1) is 16.5. The van der Waals surface area contributed by atoms with Crippen LogP contribution in [-0.4, -0.2) is 59.4 Å². The third kappa shape index (κ3) is 2.88. The molecule has 128 valence electrons. The van der Waals surface area contributed by atoms with Gasteiger partial charge in [0.1, 0.15) is 5.60 Å². The van der Waals surface area contributed by atoms with Crippen molar-refractivity contribution in [2.24, 2.45) is 0 Å². The maximum absolute atomic E-state index is 12.8. The van der Waals surface area contributed by atoms with Crippen LogP contribution in [0.1, 0.15) is 47.4 Å². The van der Waals surface area contributed by atoms with Crippen LogP contribution in [0.5, 0.6) is 0 Å². The molecule has 3 rings (SSSR count). The van der Waals surface area contributed by atoms with Crippen molar-refractivity contribution in [3.8, 4) is 0 Å². The van der Waals surface area contributed by atoms with E-state index in [4.69, 9.17) is 4.74 Å². The molecule has 2 saturated heterocycles. The minimum atomic E-state index is -0.468. The van der Waals surface area contributed by atoms with Crippen LogP contribution >= 0.6 is 0 Å². The number of rotatable bonds is 3. The van der Waals surface area contributed by atoms with Gasteiger partial charge in [0.15, 0.2) is 5.78 Å². The molecule has 0 radical (unpaired) electrons. The van der Waals surface area contributed by atoms with Crippen molar-refractivity contribution < 1.29 is 19.1 Å². The van der Waals surface area contributed by atoms with Gasteiger partial charge >= 0.3 is 6.09 Å². The third-order valence-electron chi connectivity index (χ3n) is 4.92. The predicted molar refractivity (Wildman–Crippen MR) is 88.0 cm³/mol. The van der Waals surface area contributed by atoms with Gasteiger partial charge in [-0.3, -0.25) is 9.59 Å². The summed E-state index contributed by atoms with van der Waals surface area (Å²) in [7, 11) is 0. The Bertz CT molecular complexity index is 677. The Balaban J connectivity index is 1.71. The number of likely N-dealkylation sites (N-methyl/N-ethyl adjacent to an activating group) is 1. The molecule has 2 heterocycles. The SMILES string of the molecule is CCN1CC2(CCN(C(=O)c3ccccc3C(C)=O)CC2)OC1=O. The zero-order chi connectivity index (χ0) is 17.3. The van der Waals surface area contributed by atoms with Crippen LogP contribution in [0, 0.1) is 0 Å². The summed E-state index contributed by atoms with van der Waals surface area (Å²) in [6.07, 6.45) is 0.992. The van der Waals surface area contributed by atoms with Crippen molar-refractivity contribution in [2.75, 3.05) is 26.2 Å². The fourth-order valence-corrected chi connectivity index (χ4v) is 3.46. The molecule has 0 unspecified atom stereocenters. The van der Waals surface area contributed by atoms with Gasteiger partial charge in [0.2, 0.25) is 0 Å². The molecular weight excluding hydrogens is 308 g/mol. The van der Waals surface area contributed by atoms with Gasteiger partial charge in [-0.2, -0.15) is 0 Å². The number of ketones is 1. The molecule has 1 aromatic rings. The van der Waals surface area contributed by atoms with Gasteiger partial charge in [-0.25, -0.2) is 4.79 Å². The van der Waals surface area contributed by atoms with E-state index in [1.807, 2.05) is 6.92 Å². The van der Waals surface area contributed by atoms with Crippen molar-refractivity contribution in [1.82, 2.24) is 9.80 Å². The minimum absolute atomic E-state index is 0.115. The Hall–Kier alpha value is -2.37. The summed E-state index contributed by atoms with van der Waals surface area (Å²) in [6.45, 7) is 5.67. The topological polar surface area (TPSA) is 66.9 Å². The zero-order valence-electron chi connectivity index (χ0n) is 14.1. The van der Waals surface area contributed by atoms with Crippen LogP contribution in [0.3, 0.4) is 0 Å². The predicted octanol–water partition coefficient (Wildman–Crippen LogP) is 2.34. The van der Waals surface area contributed by atoms with Crippen LogP contribution in [0.15, 0.2) is 24.3 Å². The number of carbonyl (C=O) groups is 3. The fraction of sp³-hybridized carbons (Fsp3) is 0.500. The Labute approximate surface area is 141 Å². The number of nitrogens with zero attached hydrogens (tertiary/aromatic N) is 2. The van der Waals surface area contributed by atoms with Crippen molar-refractivity contribution in [3.63, 3.8) is 0 Å². The van der Waals surface area contributed by atoms with E-state index in [1.54, 1.807) is 34.1 Å². The smallest absolute Gasteiger partial charge is 0.410 e. The second-order valence-corrected chi connectivity index (χ2v) is 6.46. The number of Topliss-reactive ketones (excluding diaryl/α,β-unsaturated/α-hetero) is 1. The van der Waals surface area contributed by atoms with E-state index in [0.717, 1.165) is 0 Å². The van der Waals surface area contributed by atoms with Gasteiger partial charge in [0.25, 0.3) is 5.91 Å². The molecule has 1 aromatic carbocycles. The molecule has 0 aliphatic carbocycles. The number of amides is 2. The fourth-order valence-electron chi connectivity index (χ4n) is 3.46. The number of hydrogen-bond acceptors (Lipinski definition) is 4. The lowest BCUT2D eigenvalue weighted by molar-refractivity contribution is 0.00308. The van der Waals surface area contributed by atoms with Crippen LogP contribution in [0.2, 0.25) is 0 Å². The van der Waals surface area contributed by atoms with E-state index >= 15 is 0 Å². The number of carbonyl (C=O) groups excluding carboxylic acids is 3. The summed E-state index contributed by atoms with van der Waals surface area (Å²) in [4.78, 5) is 39.8. The van der Waals surface area contributed by atoms with Crippen LogP contribution in [0.25, 0.3) is 0 Å². The second-order valence-electron chi connectivity index (χ2n) is 6.46. The summed E-state index contributed by atoms with van der Waals surface area (Å²) in [6, 6.07) is 6.90. The Kier molecular flexibility index (Phi) is 4.30. The lowest BCUT2D eigenvalue weighted by Gasteiger charge is -2.37. The first-order valence-corrected chi connectivity index (χ1v) is 8.33. The third-order valence-corrected chi connectivity index (χ3v) is 4.92. The van der Waals surface area contributed by atoms with Gasteiger partial charge in [0.05, 0.1) is 12.1 Å². The van der Waals surface area contributed by atoms with E-state index in [9.17, 15) is 14.4 Å². The molecule has 2 amide bonds. The van der Waals surface area contributed by atoms with Crippen molar-refractivity contribution in [1.29, 1.82) is 0 Å². The van der Waals surface area contributed by atoms with E-state index < -0.39 is 5.60 Å². The molecule has 6 nitrogen and oxygen atoms in total. The number of likely N-dealkylation sites (tertiary alicyclic amines) is 1. The zero-order valence-corrected chi connectivity index (χ0v) is 14.1. The van der Waals surface area contributed by atoms with Crippen LogP contribution in [-0.2, 0) is 4.74 Å². The van der Waals surface area contributed by atoms with Gasteiger partial charge in [-0.05, 0) is 19.9 Å². The number of benzene rings is 1. The summed E-state index contributed by atoms with van der Waals surface area (Å²) in [5.41, 5.74) is 0.427. The van der Waals surface area contributed by atoms with Crippen molar-refractivity contribution >= 4 is 17.8 Å². The van der Waals surface area contributed by atoms with Gasteiger partial charge in [0, 0.05) is 38.0 Å². The van der Waals surface area contributed by atoms with Gasteiger partial charge < -0.3 is 14.5 Å². The average molecular weight is 330 g/mol. The Morgan fingerprint density at radius 1 is 1.17 bits per heavy atom. The van der Waals surface area contributed by atoms with Gasteiger partial charge in [-0.1, -0.05) is 18.2 Å². The molecule has 24 heavy (non-hydrogen) atoms. The number of ether oxygens (including phenoxy) is 1. The highest BCUT2D eigenvalue weighted by atomic mass is 16.6. The van der Waals surface area contributed by atoms with Crippen LogP contribution < -0.4 is 0 Å². The largest absolute Gasteiger partial charge is 0.441 e. The summed E-state index contributed by atoms with van der Waals surface area (Å²) >= 11 is 0. The number of hydrogen-bond donors (Lipinski definition) is 0. The molecule has 1 spiro atoms.